The molecule has 0 radical (unpaired) electrons. The van der Waals surface area contributed by atoms with Gasteiger partial charge in [-0.3, -0.25) is 13.9 Å². The van der Waals surface area contributed by atoms with Crippen LogP contribution in [0.5, 0.6) is 0 Å². The Hall–Kier alpha value is -2.91. The first-order valence-corrected chi connectivity index (χ1v) is 14.8. The van der Waals surface area contributed by atoms with Crippen molar-refractivity contribution in [1.29, 1.82) is 0 Å². The number of nitrogens with zero attached hydrogens (tertiary/aromatic N) is 2. The number of hydrogen-bond acceptors (Lipinski definition) is 4. The number of halogens is 1. The van der Waals surface area contributed by atoms with Gasteiger partial charge in [0.1, 0.15) is 6.04 Å². The number of carbonyl (C=O) groups is 2. The van der Waals surface area contributed by atoms with Gasteiger partial charge in [-0.05, 0) is 61.9 Å². The number of anilines is 1. The summed E-state index contributed by atoms with van der Waals surface area (Å²) in [6.07, 6.45) is 1.24. The number of carbonyl (C=O) groups excluding carboxylic acids is 2. The van der Waals surface area contributed by atoms with Crippen LogP contribution in [0.3, 0.4) is 0 Å². The van der Waals surface area contributed by atoms with Crippen molar-refractivity contribution < 1.29 is 18.0 Å². The molecule has 0 spiro atoms. The van der Waals surface area contributed by atoms with Crippen LogP contribution in [0.1, 0.15) is 45.6 Å². The van der Waals surface area contributed by atoms with E-state index < -0.39 is 16.1 Å². The van der Waals surface area contributed by atoms with Gasteiger partial charge >= 0.3 is 0 Å². The molecule has 2 atom stereocenters. The quantitative estimate of drug-likeness (QED) is 0.353. The Balaban J connectivity index is 1.49. The lowest BCUT2D eigenvalue weighted by atomic mass is 10.1. The highest BCUT2D eigenvalue weighted by atomic mass is 79.9. The molecule has 0 aliphatic carbocycles. The van der Waals surface area contributed by atoms with Crippen LogP contribution < -0.4 is 9.62 Å². The molecular weight excluding hydrogens is 554 g/mol. The summed E-state index contributed by atoms with van der Waals surface area (Å²) in [7, 11) is -3.68. The van der Waals surface area contributed by atoms with Gasteiger partial charge in [0.05, 0.1) is 10.6 Å². The molecule has 0 aromatic heterocycles. The normalized spacial score (nSPS) is 15.4. The predicted octanol–water partition coefficient (Wildman–Crippen LogP) is 5.22. The van der Waals surface area contributed by atoms with Gasteiger partial charge < -0.3 is 10.2 Å². The summed E-state index contributed by atoms with van der Waals surface area (Å²) in [6.45, 7) is 6.12. The first-order valence-electron chi connectivity index (χ1n) is 12.5. The molecule has 37 heavy (non-hydrogen) atoms. The number of nitrogens with one attached hydrogen (secondary N) is 1. The predicted molar refractivity (Wildman–Crippen MR) is 150 cm³/mol. The van der Waals surface area contributed by atoms with Gasteiger partial charge in [0.25, 0.3) is 10.0 Å². The fourth-order valence-electron chi connectivity index (χ4n) is 4.55. The highest BCUT2D eigenvalue weighted by Crippen LogP contribution is 2.42. The van der Waals surface area contributed by atoms with Crippen molar-refractivity contribution in [1.82, 2.24) is 10.2 Å². The van der Waals surface area contributed by atoms with Crippen molar-refractivity contribution >= 4 is 54.2 Å². The zero-order chi connectivity index (χ0) is 26.7. The van der Waals surface area contributed by atoms with Gasteiger partial charge in [0.15, 0.2) is 0 Å². The van der Waals surface area contributed by atoms with Crippen LogP contribution in [0.4, 0.5) is 5.69 Å². The van der Waals surface area contributed by atoms with Crippen LogP contribution in [0.25, 0.3) is 10.8 Å². The zero-order valence-electron chi connectivity index (χ0n) is 21.3. The maximum Gasteiger partial charge on any atom is 0.265 e. The molecule has 0 unspecified atom stereocenters. The number of hydrogen-bond donors (Lipinski definition) is 1. The summed E-state index contributed by atoms with van der Waals surface area (Å²) < 4.78 is 28.8. The minimum absolute atomic E-state index is 0.00398. The maximum atomic E-state index is 13.4. The molecule has 0 saturated heterocycles. The molecule has 0 bridgehead atoms. The Kier molecular flexibility index (Phi) is 8.23. The summed E-state index contributed by atoms with van der Waals surface area (Å²) >= 11 is 3.43. The standard InChI is InChI=1S/C28H32BrN3O4S/c1-4-19(2)30-28(34)20(3)31(18-21-13-15-23(29)16-14-21)26(33)12-7-17-32-24-10-5-8-22-9-6-11-25(27(22)24)37(32,35)36/h5-6,8-11,13-16,19-20H,4,7,12,17-18H2,1-3H3,(H,30,34)/t19-,20+/m1/s1. The molecule has 4 rings (SSSR count). The summed E-state index contributed by atoms with van der Waals surface area (Å²) in [6, 6.07) is 17.8. The van der Waals surface area contributed by atoms with Gasteiger partial charge in [-0.15, -0.1) is 0 Å². The van der Waals surface area contributed by atoms with Gasteiger partial charge in [-0.25, -0.2) is 8.42 Å². The Morgan fingerprint density at radius 1 is 1.03 bits per heavy atom. The van der Waals surface area contributed by atoms with Crippen molar-refractivity contribution in [3.8, 4) is 0 Å². The highest BCUT2D eigenvalue weighted by molar-refractivity contribution is 9.10. The Labute approximate surface area is 227 Å². The van der Waals surface area contributed by atoms with E-state index in [4.69, 9.17) is 0 Å². The van der Waals surface area contributed by atoms with Crippen LogP contribution in [-0.4, -0.2) is 43.8 Å². The van der Waals surface area contributed by atoms with Crippen LogP contribution in [0.15, 0.2) is 70.0 Å². The van der Waals surface area contributed by atoms with E-state index in [0.717, 1.165) is 27.2 Å². The molecule has 1 aliphatic heterocycles. The van der Waals surface area contributed by atoms with E-state index >= 15 is 0 Å². The lowest BCUT2D eigenvalue weighted by Gasteiger charge is -2.30. The topological polar surface area (TPSA) is 86.8 Å². The minimum Gasteiger partial charge on any atom is -0.352 e. The summed E-state index contributed by atoms with van der Waals surface area (Å²) in [5.41, 5.74) is 1.55. The summed E-state index contributed by atoms with van der Waals surface area (Å²) in [5, 5.41) is 4.56. The molecule has 1 N–H and O–H groups in total. The molecule has 196 valence electrons. The van der Waals surface area contributed by atoms with E-state index in [-0.39, 0.29) is 37.4 Å². The van der Waals surface area contributed by atoms with Crippen LogP contribution in [0, 0.1) is 0 Å². The molecule has 2 amide bonds. The molecule has 7 nitrogen and oxygen atoms in total. The molecule has 0 fully saturated rings. The average Bonchev–Trinajstić information content (AvgIpc) is 3.10. The lowest BCUT2D eigenvalue weighted by Crippen LogP contribution is -2.49. The monoisotopic (exact) mass is 585 g/mol. The number of amides is 2. The molecule has 3 aromatic rings. The lowest BCUT2D eigenvalue weighted by molar-refractivity contribution is -0.140. The molecule has 1 heterocycles. The molecule has 9 heteroatoms. The molecular formula is C28H32BrN3O4S. The van der Waals surface area contributed by atoms with Gasteiger partial charge in [0.2, 0.25) is 11.8 Å². The number of benzene rings is 3. The molecule has 3 aromatic carbocycles. The third kappa shape index (κ3) is 5.67. The fourth-order valence-corrected chi connectivity index (χ4v) is 6.56. The number of rotatable bonds is 10. The smallest absolute Gasteiger partial charge is 0.265 e. The maximum absolute atomic E-state index is 13.4. The van der Waals surface area contributed by atoms with Crippen LogP contribution >= 0.6 is 15.9 Å². The summed E-state index contributed by atoms with van der Waals surface area (Å²) in [5.74, 6) is -0.397. The first-order chi connectivity index (χ1) is 17.6. The second kappa shape index (κ2) is 11.2. The zero-order valence-corrected chi connectivity index (χ0v) is 23.7. The average molecular weight is 587 g/mol. The second-order valence-corrected chi connectivity index (χ2v) is 12.2. The van der Waals surface area contributed by atoms with Gasteiger partial charge in [-0.1, -0.05) is 59.3 Å². The highest BCUT2D eigenvalue weighted by Gasteiger charge is 2.35. The second-order valence-electron chi connectivity index (χ2n) is 9.45. The largest absolute Gasteiger partial charge is 0.352 e. The number of sulfonamides is 1. The van der Waals surface area contributed by atoms with Crippen molar-refractivity contribution in [3.63, 3.8) is 0 Å². The Morgan fingerprint density at radius 2 is 1.70 bits per heavy atom. The van der Waals surface area contributed by atoms with E-state index in [1.54, 1.807) is 30.0 Å². The van der Waals surface area contributed by atoms with E-state index in [1.807, 2.05) is 56.3 Å². The van der Waals surface area contributed by atoms with E-state index in [1.165, 1.54) is 4.31 Å². The van der Waals surface area contributed by atoms with E-state index in [2.05, 4.69) is 21.2 Å². The summed E-state index contributed by atoms with van der Waals surface area (Å²) in [4.78, 5) is 28.2. The van der Waals surface area contributed by atoms with Crippen molar-refractivity contribution in [3.05, 3.63) is 70.7 Å². The Morgan fingerprint density at radius 3 is 2.38 bits per heavy atom. The van der Waals surface area contributed by atoms with Crippen LogP contribution in [0.2, 0.25) is 0 Å². The van der Waals surface area contributed by atoms with E-state index in [9.17, 15) is 18.0 Å². The first kappa shape index (κ1) is 27.1. The van der Waals surface area contributed by atoms with Crippen molar-refractivity contribution in [2.75, 3.05) is 10.8 Å². The van der Waals surface area contributed by atoms with Crippen LogP contribution in [-0.2, 0) is 26.2 Å². The minimum atomic E-state index is -3.68. The van der Waals surface area contributed by atoms with E-state index in [0.29, 0.717) is 17.0 Å². The van der Waals surface area contributed by atoms with Crippen molar-refractivity contribution in [2.24, 2.45) is 0 Å². The van der Waals surface area contributed by atoms with Gasteiger partial charge in [0, 0.05) is 35.4 Å². The van der Waals surface area contributed by atoms with Gasteiger partial charge in [-0.2, -0.15) is 0 Å². The van der Waals surface area contributed by atoms with Crippen molar-refractivity contribution in [2.45, 2.75) is 63.6 Å². The molecule has 1 aliphatic rings. The third-order valence-corrected chi connectivity index (χ3v) is 9.25. The third-order valence-electron chi connectivity index (χ3n) is 6.87. The Bertz CT molecular complexity index is 1400. The fraction of sp³-hybridized carbons (Fsp3) is 0.357. The molecule has 0 saturated carbocycles. The SMILES string of the molecule is CC[C@@H](C)NC(=O)[C@H](C)N(Cc1ccc(Br)cc1)C(=O)CCCN1c2cccc3cccc(c23)S1(=O)=O.